The first-order chi connectivity index (χ1) is 10.3. The lowest BCUT2D eigenvalue weighted by atomic mass is 10.2. The highest BCUT2D eigenvalue weighted by Crippen LogP contribution is 2.25. The van der Waals surface area contributed by atoms with Gasteiger partial charge in [0.15, 0.2) is 0 Å². The van der Waals surface area contributed by atoms with Crippen molar-refractivity contribution in [1.29, 1.82) is 0 Å². The maximum Gasteiger partial charge on any atom is 0.232 e. The van der Waals surface area contributed by atoms with E-state index in [1.54, 1.807) is 19.2 Å². The standard InChI is InChI=1S/C14H21BrN2O4S/c1-11-4-5-12(10-13(11)15)17(22(3,19)20)8-6-14(18)16-7-9-21-2/h4-5,10H,6-9H2,1-3H3,(H,16,18). The van der Waals surface area contributed by atoms with E-state index < -0.39 is 10.0 Å². The number of hydrogen-bond donors (Lipinski definition) is 1. The molecule has 1 rings (SSSR count). The van der Waals surface area contributed by atoms with Crippen LogP contribution in [-0.4, -0.2) is 47.4 Å². The number of ether oxygens (including phenoxy) is 1. The molecule has 0 radical (unpaired) electrons. The average Bonchev–Trinajstić information content (AvgIpc) is 2.41. The fourth-order valence-corrected chi connectivity index (χ4v) is 3.09. The summed E-state index contributed by atoms with van der Waals surface area (Å²) in [5, 5.41) is 2.67. The number of halogens is 1. The Hall–Kier alpha value is -1.12. The summed E-state index contributed by atoms with van der Waals surface area (Å²) in [6.45, 7) is 2.84. The molecule has 0 unspecified atom stereocenters. The largest absolute Gasteiger partial charge is 0.383 e. The minimum absolute atomic E-state index is 0.0856. The molecule has 1 amide bonds. The number of methoxy groups -OCH3 is 1. The smallest absolute Gasteiger partial charge is 0.232 e. The fourth-order valence-electron chi connectivity index (χ4n) is 1.81. The van der Waals surface area contributed by atoms with Crippen LogP contribution in [0.15, 0.2) is 22.7 Å². The van der Waals surface area contributed by atoms with Crippen LogP contribution in [0.4, 0.5) is 5.69 Å². The molecule has 0 spiro atoms. The third kappa shape index (κ3) is 5.94. The zero-order valence-corrected chi connectivity index (χ0v) is 15.3. The second kappa shape index (κ2) is 8.50. The van der Waals surface area contributed by atoms with Gasteiger partial charge in [0, 0.05) is 31.1 Å². The van der Waals surface area contributed by atoms with E-state index in [1.165, 1.54) is 4.31 Å². The number of carbonyl (C=O) groups excluding carboxylic acids is 1. The van der Waals surface area contributed by atoms with Crippen molar-refractivity contribution in [2.24, 2.45) is 0 Å². The van der Waals surface area contributed by atoms with Crippen LogP contribution in [0.2, 0.25) is 0 Å². The number of rotatable bonds is 8. The van der Waals surface area contributed by atoms with Gasteiger partial charge in [0.1, 0.15) is 0 Å². The lowest BCUT2D eigenvalue weighted by Gasteiger charge is -2.22. The molecular formula is C14H21BrN2O4S. The van der Waals surface area contributed by atoms with Crippen molar-refractivity contribution in [1.82, 2.24) is 5.32 Å². The van der Waals surface area contributed by atoms with E-state index in [0.29, 0.717) is 18.8 Å². The van der Waals surface area contributed by atoms with Crippen molar-refractivity contribution in [2.75, 3.05) is 37.4 Å². The summed E-state index contributed by atoms with van der Waals surface area (Å²) >= 11 is 3.39. The predicted molar refractivity (Wildman–Crippen MR) is 90.6 cm³/mol. The van der Waals surface area contributed by atoms with Crippen LogP contribution in [0.3, 0.4) is 0 Å². The number of hydrogen-bond acceptors (Lipinski definition) is 4. The van der Waals surface area contributed by atoms with Crippen LogP contribution in [0.25, 0.3) is 0 Å². The molecule has 6 nitrogen and oxygen atoms in total. The minimum Gasteiger partial charge on any atom is -0.383 e. The molecule has 0 aliphatic rings. The number of benzene rings is 1. The highest BCUT2D eigenvalue weighted by Gasteiger charge is 2.19. The van der Waals surface area contributed by atoms with E-state index in [2.05, 4.69) is 21.2 Å². The van der Waals surface area contributed by atoms with Crippen LogP contribution in [0, 0.1) is 6.92 Å². The molecule has 0 aromatic heterocycles. The van der Waals surface area contributed by atoms with Gasteiger partial charge in [-0.05, 0) is 24.6 Å². The number of aryl methyl sites for hydroxylation is 1. The van der Waals surface area contributed by atoms with Crippen LogP contribution < -0.4 is 9.62 Å². The molecule has 0 aliphatic carbocycles. The lowest BCUT2D eigenvalue weighted by molar-refractivity contribution is -0.121. The summed E-state index contributed by atoms with van der Waals surface area (Å²) in [6, 6.07) is 5.29. The van der Waals surface area contributed by atoms with Gasteiger partial charge in [0.2, 0.25) is 15.9 Å². The fraction of sp³-hybridized carbons (Fsp3) is 0.500. The monoisotopic (exact) mass is 392 g/mol. The van der Waals surface area contributed by atoms with E-state index >= 15 is 0 Å². The molecule has 0 bridgehead atoms. The number of anilines is 1. The van der Waals surface area contributed by atoms with E-state index in [1.807, 2.05) is 13.0 Å². The Balaban J connectivity index is 2.78. The van der Waals surface area contributed by atoms with E-state index in [9.17, 15) is 13.2 Å². The van der Waals surface area contributed by atoms with Crippen molar-refractivity contribution >= 4 is 37.5 Å². The topological polar surface area (TPSA) is 75.7 Å². The molecule has 124 valence electrons. The van der Waals surface area contributed by atoms with Gasteiger partial charge in [0.25, 0.3) is 0 Å². The Morgan fingerprint density at radius 2 is 2.09 bits per heavy atom. The van der Waals surface area contributed by atoms with Crippen molar-refractivity contribution in [2.45, 2.75) is 13.3 Å². The second-order valence-electron chi connectivity index (χ2n) is 4.86. The molecule has 8 heteroatoms. The predicted octanol–water partition coefficient (Wildman–Crippen LogP) is 1.68. The zero-order valence-electron chi connectivity index (χ0n) is 12.9. The highest BCUT2D eigenvalue weighted by atomic mass is 79.9. The first kappa shape index (κ1) is 18.9. The normalized spacial score (nSPS) is 11.3. The molecular weight excluding hydrogens is 372 g/mol. The van der Waals surface area contributed by atoms with Gasteiger partial charge in [-0.25, -0.2) is 8.42 Å². The number of amides is 1. The lowest BCUT2D eigenvalue weighted by Crippen LogP contribution is -2.35. The first-order valence-corrected chi connectivity index (χ1v) is 9.39. The zero-order chi connectivity index (χ0) is 16.8. The second-order valence-corrected chi connectivity index (χ2v) is 7.62. The molecule has 0 heterocycles. The quantitative estimate of drug-likeness (QED) is 0.682. The molecule has 0 fully saturated rings. The minimum atomic E-state index is -3.46. The van der Waals surface area contributed by atoms with Gasteiger partial charge in [-0.15, -0.1) is 0 Å². The van der Waals surface area contributed by atoms with E-state index in [0.717, 1.165) is 16.3 Å². The molecule has 0 aliphatic heterocycles. The Bertz CT molecular complexity index is 619. The number of carbonyl (C=O) groups is 1. The molecule has 0 atom stereocenters. The van der Waals surface area contributed by atoms with Gasteiger partial charge in [-0.1, -0.05) is 22.0 Å². The summed E-state index contributed by atoms with van der Waals surface area (Å²) in [4.78, 5) is 11.7. The van der Waals surface area contributed by atoms with Crippen molar-refractivity contribution < 1.29 is 17.9 Å². The van der Waals surface area contributed by atoms with E-state index in [-0.39, 0.29) is 18.9 Å². The van der Waals surface area contributed by atoms with Gasteiger partial charge < -0.3 is 10.1 Å². The average molecular weight is 393 g/mol. The Kier molecular flexibility index (Phi) is 7.31. The summed E-state index contributed by atoms with van der Waals surface area (Å²) in [6.07, 6.45) is 1.21. The first-order valence-electron chi connectivity index (χ1n) is 6.75. The van der Waals surface area contributed by atoms with Gasteiger partial charge in [-0.3, -0.25) is 9.10 Å². The number of nitrogens with zero attached hydrogens (tertiary/aromatic N) is 1. The SMILES string of the molecule is COCCNC(=O)CCN(c1ccc(C)c(Br)c1)S(C)(=O)=O. The third-order valence-corrected chi connectivity index (χ3v) is 5.06. The molecule has 22 heavy (non-hydrogen) atoms. The summed E-state index contributed by atoms with van der Waals surface area (Å²) in [5.74, 6) is -0.211. The van der Waals surface area contributed by atoms with Crippen LogP contribution in [0.5, 0.6) is 0 Å². The Morgan fingerprint density at radius 1 is 1.41 bits per heavy atom. The molecule has 1 aromatic rings. The van der Waals surface area contributed by atoms with E-state index in [4.69, 9.17) is 4.74 Å². The van der Waals surface area contributed by atoms with Gasteiger partial charge in [0.05, 0.1) is 18.6 Å². The van der Waals surface area contributed by atoms with Crippen LogP contribution in [-0.2, 0) is 19.6 Å². The maximum absolute atomic E-state index is 12.0. The van der Waals surface area contributed by atoms with Crippen LogP contribution >= 0.6 is 15.9 Å². The Morgan fingerprint density at radius 3 is 2.64 bits per heavy atom. The molecule has 1 N–H and O–H groups in total. The van der Waals surface area contributed by atoms with Gasteiger partial charge >= 0.3 is 0 Å². The molecule has 0 saturated carbocycles. The van der Waals surface area contributed by atoms with Gasteiger partial charge in [-0.2, -0.15) is 0 Å². The van der Waals surface area contributed by atoms with Crippen LogP contribution in [0.1, 0.15) is 12.0 Å². The number of nitrogens with one attached hydrogen (secondary N) is 1. The third-order valence-electron chi connectivity index (χ3n) is 3.01. The summed E-state index contributed by atoms with van der Waals surface area (Å²) in [7, 11) is -1.91. The van der Waals surface area contributed by atoms with Crippen molar-refractivity contribution in [3.63, 3.8) is 0 Å². The molecule has 0 saturated heterocycles. The summed E-state index contributed by atoms with van der Waals surface area (Å²) in [5.41, 5.74) is 1.54. The van der Waals surface area contributed by atoms with Crippen molar-refractivity contribution in [3.05, 3.63) is 28.2 Å². The van der Waals surface area contributed by atoms with Crippen molar-refractivity contribution in [3.8, 4) is 0 Å². The highest BCUT2D eigenvalue weighted by molar-refractivity contribution is 9.10. The number of sulfonamides is 1. The summed E-state index contributed by atoms with van der Waals surface area (Å²) < 4.78 is 30.8. The maximum atomic E-state index is 12.0. The Labute approximate surface area is 140 Å². The molecule has 1 aromatic carbocycles.